The summed E-state index contributed by atoms with van der Waals surface area (Å²) in [6, 6.07) is 18.3. The molecule has 0 radical (unpaired) electrons. The van der Waals surface area contributed by atoms with Crippen LogP contribution < -0.4 is 10.6 Å². The van der Waals surface area contributed by atoms with Crippen molar-refractivity contribution in [3.05, 3.63) is 65.7 Å². The molecule has 1 fully saturated rings. The SMILES string of the molecule is CCCCCCCCNC1CC1c1ccc(NC(=O)c2ccccc2)cc1. The van der Waals surface area contributed by atoms with E-state index in [4.69, 9.17) is 0 Å². The fourth-order valence-electron chi connectivity index (χ4n) is 3.59. The van der Waals surface area contributed by atoms with Gasteiger partial charge in [-0.2, -0.15) is 0 Å². The zero-order valence-corrected chi connectivity index (χ0v) is 16.4. The smallest absolute Gasteiger partial charge is 0.255 e. The molecule has 3 nitrogen and oxygen atoms in total. The average Bonchev–Trinajstić information content (AvgIpc) is 3.48. The Morgan fingerprint density at radius 2 is 1.63 bits per heavy atom. The number of unbranched alkanes of at least 4 members (excludes halogenated alkanes) is 5. The van der Waals surface area contributed by atoms with Crippen LogP contribution in [0.3, 0.4) is 0 Å². The summed E-state index contributed by atoms with van der Waals surface area (Å²) in [6.07, 6.45) is 9.31. The molecule has 2 atom stereocenters. The van der Waals surface area contributed by atoms with Crippen LogP contribution in [0, 0.1) is 0 Å². The standard InChI is InChI=1S/C24H32N2O/c1-2-3-4-5-6-10-17-25-23-18-22(23)19-13-15-21(16-14-19)26-24(27)20-11-8-7-9-12-20/h7-9,11-16,22-23,25H,2-6,10,17-18H2,1H3,(H,26,27). The minimum Gasteiger partial charge on any atom is -0.322 e. The van der Waals surface area contributed by atoms with E-state index in [0.29, 0.717) is 17.5 Å². The third-order valence-electron chi connectivity index (χ3n) is 5.36. The highest BCUT2D eigenvalue weighted by atomic mass is 16.1. The van der Waals surface area contributed by atoms with Gasteiger partial charge in [0.25, 0.3) is 5.91 Å². The Hall–Kier alpha value is -2.13. The lowest BCUT2D eigenvalue weighted by molar-refractivity contribution is 0.102. The maximum atomic E-state index is 12.2. The van der Waals surface area contributed by atoms with Gasteiger partial charge < -0.3 is 10.6 Å². The molecule has 1 saturated carbocycles. The molecular weight excluding hydrogens is 332 g/mol. The summed E-state index contributed by atoms with van der Waals surface area (Å²) in [5, 5.41) is 6.66. The van der Waals surface area contributed by atoms with E-state index in [-0.39, 0.29) is 5.91 Å². The summed E-state index contributed by atoms with van der Waals surface area (Å²) in [7, 11) is 0. The molecule has 2 N–H and O–H groups in total. The molecule has 2 unspecified atom stereocenters. The molecule has 2 aromatic rings. The van der Waals surface area contributed by atoms with Gasteiger partial charge in [-0.1, -0.05) is 69.4 Å². The van der Waals surface area contributed by atoms with Crippen molar-refractivity contribution in [3.63, 3.8) is 0 Å². The van der Waals surface area contributed by atoms with Crippen molar-refractivity contribution in [2.75, 3.05) is 11.9 Å². The lowest BCUT2D eigenvalue weighted by atomic mass is 10.1. The molecular formula is C24H32N2O. The molecule has 0 heterocycles. The Labute approximate surface area is 163 Å². The van der Waals surface area contributed by atoms with Crippen LogP contribution in [0.2, 0.25) is 0 Å². The summed E-state index contributed by atoms with van der Waals surface area (Å²) in [6.45, 7) is 3.40. The van der Waals surface area contributed by atoms with E-state index in [1.807, 2.05) is 42.5 Å². The van der Waals surface area contributed by atoms with Crippen LogP contribution in [0.5, 0.6) is 0 Å². The molecule has 0 bridgehead atoms. The second-order valence-corrected chi connectivity index (χ2v) is 7.61. The van der Waals surface area contributed by atoms with Crippen molar-refractivity contribution in [1.29, 1.82) is 0 Å². The second kappa shape index (κ2) is 10.3. The number of hydrogen-bond donors (Lipinski definition) is 2. The summed E-state index contributed by atoms with van der Waals surface area (Å²) in [4.78, 5) is 12.2. The molecule has 27 heavy (non-hydrogen) atoms. The molecule has 2 aromatic carbocycles. The molecule has 1 aliphatic carbocycles. The van der Waals surface area contributed by atoms with E-state index in [2.05, 4.69) is 29.7 Å². The van der Waals surface area contributed by atoms with E-state index >= 15 is 0 Å². The van der Waals surface area contributed by atoms with E-state index in [9.17, 15) is 4.79 Å². The zero-order chi connectivity index (χ0) is 18.9. The zero-order valence-electron chi connectivity index (χ0n) is 16.4. The van der Waals surface area contributed by atoms with Crippen molar-refractivity contribution < 1.29 is 4.79 Å². The predicted octanol–water partition coefficient (Wildman–Crippen LogP) is 5.74. The van der Waals surface area contributed by atoms with Crippen LogP contribution in [0.25, 0.3) is 0 Å². The summed E-state index contributed by atoms with van der Waals surface area (Å²) in [5.74, 6) is 0.567. The van der Waals surface area contributed by atoms with Gasteiger partial charge in [-0.05, 0) is 49.2 Å². The van der Waals surface area contributed by atoms with Crippen LogP contribution in [-0.2, 0) is 0 Å². The number of carbonyl (C=O) groups excluding carboxylic acids is 1. The first-order chi connectivity index (χ1) is 13.3. The molecule has 1 aliphatic rings. The lowest BCUT2D eigenvalue weighted by Crippen LogP contribution is -2.19. The van der Waals surface area contributed by atoms with Gasteiger partial charge in [-0.25, -0.2) is 0 Å². The van der Waals surface area contributed by atoms with Crippen LogP contribution in [0.4, 0.5) is 5.69 Å². The first kappa shape index (κ1) is 19.6. The maximum absolute atomic E-state index is 12.2. The Bertz CT molecular complexity index is 696. The van der Waals surface area contributed by atoms with E-state index < -0.39 is 0 Å². The number of hydrogen-bond acceptors (Lipinski definition) is 2. The Balaban J connectivity index is 1.37. The minimum atomic E-state index is -0.0618. The largest absolute Gasteiger partial charge is 0.322 e. The number of rotatable bonds is 11. The monoisotopic (exact) mass is 364 g/mol. The number of nitrogens with one attached hydrogen (secondary N) is 2. The number of amides is 1. The Morgan fingerprint density at radius 1 is 0.926 bits per heavy atom. The van der Waals surface area contributed by atoms with Crippen LogP contribution in [0.15, 0.2) is 54.6 Å². The molecule has 144 valence electrons. The van der Waals surface area contributed by atoms with Gasteiger partial charge in [-0.3, -0.25) is 4.79 Å². The summed E-state index contributed by atoms with van der Waals surface area (Å²) < 4.78 is 0. The predicted molar refractivity (Wildman–Crippen MR) is 113 cm³/mol. The fourth-order valence-corrected chi connectivity index (χ4v) is 3.59. The highest BCUT2D eigenvalue weighted by Gasteiger charge is 2.37. The first-order valence-corrected chi connectivity index (χ1v) is 10.5. The van der Waals surface area contributed by atoms with Crippen molar-refractivity contribution in [2.45, 2.75) is 63.8 Å². The van der Waals surface area contributed by atoms with Gasteiger partial charge in [-0.15, -0.1) is 0 Å². The van der Waals surface area contributed by atoms with Crippen LogP contribution in [-0.4, -0.2) is 18.5 Å². The highest BCUT2D eigenvalue weighted by molar-refractivity contribution is 6.04. The molecule has 3 heteroatoms. The Kier molecular flexibility index (Phi) is 7.46. The van der Waals surface area contributed by atoms with Crippen molar-refractivity contribution in [2.24, 2.45) is 0 Å². The maximum Gasteiger partial charge on any atom is 0.255 e. The van der Waals surface area contributed by atoms with Gasteiger partial charge in [0.05, 0.1) is 0 Å². The van der Waals surface area contributed by atoms with Crippen LogP contribution >= 0.6 is 0 Å². The van der Waals surface area contributed by atoms with Crippen molar-refractivity contribution in [3.8, 4) is 0 Å². The Morgan fingerprint density at radius 3 is 2.37 bits per heavy atom. The molecule has 3 rings (SSSR count). The fraction of sp³-hybridized carbons (Fsp3) is 0.458. The van der Waals surface area contributed by atoms with Gasteiger partial charge >= 0.3 is 0 Å². The topological polar surface area (TPSA) is 41.1 Å². The molecule has 0 spiro atoms. The minimum absolute atomic E-state index is 0.0618. The number of benzene rings is 2. The molecule has 0 aliphatic heterocycles. The summed E-state index contributed by atoms with van der Waals surface area (Å²) in [5.41, 5.74) is 2.90. The third-order valence-corrected chi connectivity index (χ3v) is 5.36. The van der Waals surface area contributed by atoms with Crippen LogP contribution in [0.1, 0.15) is 73.7 Å². The molecule has 0 aromatic heterocycles. The number of anilines is 1. The number of carbonyl (C=O) groups is 1. The quantitative estimate of drug-likeness (QED) is 0.499. The van der Waals surface area contributed by atoms with Crippen molar-refractivity contribution in [1.82, 2.24) is 5.32 Å². The molecule has 0 saturated heterocycles. The van der Waals surface area contributed by atoms with E-state index in [1.54, 1.807) is 0 Å². The molecule has 1 amide bonds. The summed E-state index contributed by atoms with van der Waals surface area (Å²) >= 11 is 0. The highest BCUT2D eigenvalue weighted by Crippen LogP contribution is 2.41. The van der Waals surface area contributed by atoms with Gasteiger partial charge in [0, 0.05) is 23.2 Å². The average molecular weight is 365 g/mol. The lowest BCUT2D eigenvalue weighted by Gasteiger charge is -2.07. The van der Waals surface area contributed by atoms with E-state index in [1.165, 1.54) is 50.5 Å². The van der Waals surface area contributed by atoms with Gasteiger partial charge in [0.2, 0.25) is 0 Å². The van der Waals surface area contributed by atoms with Crippen molar-refractivity contribution >= 4 is 11.6 Å². The van der Waals surface area contributed by atoms with E-state index in [0.717, 1.165) is 12.2 Å². The third kappa shape index (κ3) is 6.21. The second-order valence-electron chi connectivity index (χ2n) is 7.61. The normalized spacial score (nSPS) is 18.3. The van der Waals surface area contributed by atoms with Gasteiger partial charge in [0.15, 0.2) is 0 Å². The van der Waals surface area contributed by atoms with Gasteiger partial charge in [0.1, 0.15) is 0 Å². The first-order valence-electron chi connectivity index (χ1n) is 10.5.